The minimum absolute atomic E-state index is 0.00161. The van der Waals surface area contributed by atoms with E-state index in [9.17, 15) is 13.2 Å². The highest BCUT2D eigenvalue weighted by Crippen LogP contribution is 2.38. The Morgan fingerprint density at radius 2 is 1.76 bits per heavy atom. The number of hydrogen-bond donors (Lipinski definition) is 1. The van der Waals surface area contributed by atoms with Crippen LogP contribution in [0, 0.1) is 0 Å². The molecule has 1 N–H and O–H groups in total. The van der Waals surface area contributed by atoms with Gasteiger partial charge < -0.3 is 15.0 Å². The fourth-order valence-corrected chi connectivity index (χ4v) is 7.03. The van der Waals surface area contributed by atoms with E-state index in [1.807, 2.05) is 67.6 Å². The molecule has 2 aliphatic heterocycles. The molecule has 2 unspecified atom stereocenters. The number of aromatic nitrogens is 2. The molecule has 2 fully saturated rings. The first-order valence-electron chi connectivity index (χ1n) is 12.8. The third-order valence-electron chi connectivity index (χ3n) is 6.98. The number of nitrogens with zero attached hydrogens (tertiary/aromatic N) is 4. The molecule has 196 valence electrons. The topological polar surface area (TPSA) is 96.8 Å². The number of sulfonamides is 1. The average molecular weight is 524 g/mol. The summed E-state index contributed by atoms with van der Waals surface area (Å²) in [7, 11) is -3.44. The Bertz CT molecular complexity index is 1360. The first-order chi connectivity index (χ1) is 18.0. The zero-order valence-electron chi connectivity index (χ0n) is 21.0. The predicted octanol–water partition coefficient (Wildman–Crippen LogP) is 2.86. The van der Waals surface area contributed by atoms with Crippen molar-refractivity contribution in [3.63, 3.8) is 0 Å². The lowest BCUT2D eigenvalue weighted by Gasteiger charge is -2.35. The van der Waals surface area contributed by atoms with E-state index in [0.29, 0.717) is 44.2 Å². The molecular formula is C27H33N5O4S. The second kappa shape index (κ2) is 11.0. The summed E-state index contributed by atoms with van der Waals surface area (Å²) in [5.74, 6) is -0.00161. The molecule has 5 rings (SSSR count). The quantitative estimate of drug-likeness (QED) is 0.386. The third-order valence-corrected chi connectivity index (χ3v) is 8.84. The molecule has 9 nitrogen and oxygen atoms in total. The maximum atomic E-state index is 13.6. The lowest BCUT2D eigenvalue weighted by molar-refractivity contribution is 0.147. The smallest absolute Gasteiger partial charge is 0.296 e. The van der Waals surface area contributed by atoms with Gasteiger partial charge in [-0.25, -0.2) is 8.42 Å². The van der Waals surface area contributed by atoms with Gasteiger partial charge in [-0.05, 0) is 37.5 Å². The highest BCUT2D eigenvalue weighted by atomic mass is 32.2. The zero-order valence-corrected chi connectivity index (χ0v) is 21.8. The van der Waals surface area contributed by atoms with Crippen LogP contribution in [0.1, 0.15) is 25.3 Å². The lowest BCUT2D eigenvalue weighted by Crippen LogP contribution is -2.49. The number of benzene rings is 2. The van der Waals surface area contributed by atoms with Crippen LogP contribution < -0.4 is 15.8 Å². The molecule has 2 aliphatic rings. The minimum atomic E-state index is -3.44. The van der Waals surface area contributed by atoms with Gasteiger partial charge >= 0.3 is 0 Å². The molecule has 0 spiro atoms. The molecule has 3 heterocycles. The van der Waals surface area contributed by atoms with Gasteiger partial charge in [-0.2, -0.15) is 14.1 Å². The Kier molecular flexibility index (Phi) is 7.59. The molecule has 37 heavy (non-hydrogen) atoms. The number of anilines is 2. The van der Waals surface area contributed by atoms with Gasteiger partial charge in [-0.1, -0.05) is 48.5 Å². The van der Waals surface area contributed by atoms with E-state index in [-0.39, 0.29) is 23.4 Å². The van der Waals surface area contributed by atoms with Crippen LogP contribution in [-0.4, -0.2) is 67.4 Å². The van der Waals surface area contributed by atoms with Gasteiger partial charge in [0.25, 0.3) is 5.56 Å². The summed E-state index contributed by atoms with van der Waals surface area (Å²) in [5, 5.41) is 7.82. The third kappa shape index (κ3) is 5.41. The van der Waals surface area contributed by atoms with Gasteiger partial charge in [0.05, 0.1) is 23.3 Å². The number of ether oxygens (including phenoxy) is 1. The molecule has 2 atom stereocenters. The van der Waals surface area contributed by atoms with E-state index < -0.39 is 10.0 Å². The second-order valence-corrected chi connectivity index (χ2v) is 11.4. The fourth-order valence-electron chi connectivity index (χ4n) is 5.25. The first kappa shape index (κ1) is 25.4. The summed E-state index contributed by atoms with van der Waals surface area (Å²) in [6.07, 6.45) is 3.22. The van der Waals surface area contributed by atoms with Crippen molar-refractivity contribution < 1.29 is 13.2 Å². The van der Waals surface area contributed by atoms with E-state index in [0.717, 1.165) is 24.1 Å². The van der Waals surface area contributed by atoms with Crippen LogP contribution in [0.2, 0.25) is 0 Å². The summed E-state index contributed by atoms with van der Waals surface area (Å²) in [6, 6.07) is 18.5. The van der Waals surface area contributed by atoms with Crippen molar-refractivity contribution in [2.45, 2.75) is 37.6 Å². The molecule has 0 aliphatic carbocycles. The SMILES string of the molecule is CCOCCCNc1c(N2CC3CC2CN3S(=O)(=O)Cc2ccccc2)cnn(-c2ccccc2)c1=O. The van der Waals surface area contributed by atoms with Gasteiger partial charge in [0.1, 0.15) is 5.69 Å². The Labute approximate surface area is 217 Å². The molecule has 0 saturated carbocycles. The molecule has 0 radical (unpaired) electrons. The van der Waals surface area contributed by atoms with Crippen molar-refractivity contribution in [3.05, 3.63) is 82.8 Å². The molecule has 10 heteroatoms. The van der Waals surface area contributed by atoms with Crippen LogP contribution in [0.4, 0.5) is 11.4 Å². The number of para-hydroxylation sites is 1. The molecule has 0 amide bonds. The normalized spacial score (nSPS) is 19.4. The number of piperazine rings is 1. The maximum absolute atomic E-state index is 13.6. The molecule has 2 saturated heterocycles. The van der Waals surface area contributed by atoms with Crippen LogP contribution in [-0.2, 0) is 20.5 Å². The highest BCUT2D eigenvalue weighted by Gasteiger charge is 2.48. The summed E-state index contributed by atoms with van der Waals surface area (Å²) in [5.41, 5.74) is 2.46. The van der Waals surface area contributed by atoms with Crippen LogP contribution >= 0.6 is 0 Å². The van der Waals surface area contributed by atoms with Gasteiger partial charge in [0, 0.05) is 44.9 Å². The lowest BCUT2D eigenvalue weighted by atomic mass is 10.2. The fraction of sp³-hybridized carbons (Fsp3) is 0.407. The summed E-state index contributed by atoms with van der Waals surface area (Å²) >= 11 is 0. The Hall–Kier alpha value is -3.21. The van der Waals surface area contributed by atoms with Crippen molar-refractivity contribution in [1.82, 2.24) is 14.1 Å². The number of nitrogens with one attached hydrogen (secondary N) is 1. The van der Waals surface area contributed by atoms with Gasteiger partial charge in [0.2, 0.25) is 10.0 Å². The number of rotatable bonds is 11. The van der Waals surface area contributed by atoms with Crippen molar-refractivity contribution in [1.29, 1.82) is 0 Å². The van der Waals surface area contributed by atoms with Crippen molar-refractivity contribution in [3.8, 4) is 5.69 Å². The second-order valence-electron chi connectivity index (χ2n) is 9.44. The van der Waals surface area contributed by atoms with E-state index in [1.54, 1.807) is 10.5 Å². The van der Waals surface area contributed by atoms with Gasteiger partial charge in [-0.15, -0.1) is 0 Å². The summed E-state index contributed by atoms with van der Waals surface area (Å²) in [4.78, 5) is 15.7. The molecule has 1 aromatic heterocycles. The number of hydrogen-bond acceptors (Lipinski definition) is 7. The molecule has 2 bridgehead atoms. The average Bonchev–Trinajstić information content (AvgIpc) is 3.52. The monoisotopic (exact) mass is 523 g/mol. The Morgan fingerprint density at radius 1 is 1.03 bits per heavy atom. The van der Waals surface area contributed by atoms with E-state index in [4.69, 9.17) is 4.74 Å². The minimum Gasteiger partial charge on any atom is -0.382 e. The molecule has 2 aromatic carbocycles. The highest BCUT2D eigenvalue weighted by molar-refractivity contribution is 7.88. The standard InChI is InChI=1S/C27H33N5O4S/c1-2-36-15-9-14-28-26-25(17-29-32(27(26)33)22-12-7-4-8-13-22)30-18-24-16-23(30)19-31(24)37(34,35)20-21-10-5-3-6-11-21/h3-8,10-13,17,23-24,28H,2,9,14-16,18-20H2,1H3. The Balaban J connectivity index is 1.38. The van der Waals surface area contributed by atoms with Crippen LogP contribution in [0.25, 0.3) is 5.69 Å². The largest absolute Gasteiger partial charge is 0.382 e. The van der Waals surface area contributed by atoms with Crippen LogP contribution in [0.5, 0.6) is 0 Å². The van der Waals surface area contributed by atoms with Gasteiger partial charge in [0.15, 0.2) is 0 Å². The van der Waals surface area contributed by atoms with Crippen LogP contribution in [0.15, 0.2) is 71.7 Å². The molecule has 3 aromatic rings. The maximum Gasteiger partial charge on any atom is 0.296 e. The Morgan fingerprint density at radius 3 is 2.43 bits per heavy atom. The van der Waals surface area contributed by atoms with Crippen molar-refractivity contribution in [2.75, 3.05) is 43.1 Å². The van der Waals surface area contributed by atoms with E-state index >= 15 is 0 Å². The summed E-state index contributed by atoms with van der Waals surface area (Å²) < 4.78 is 34.9. The zero-order chi connectivity index (χ0) is 25.8. The van der Waals surface area contributed by atoms with Crippen molar-refractivity contribution in [2.24, 2.45) is 0 Å². The number of fused-ring (bicyclic) bond motifs is 2. The summed E-state index contributed by atoms with van der Waals surface area (Å²) in [6.45, 7) is 4.74. The van der Waals surface area contributed by atoms with Gasteiger partial charge in [-0.3, -0.25) is 4.79 Å². The predicted molar refractivity (Wildman–Crippen MR) is 145 cm³/mol. The van der Waals surface area contributed by atoms with E-state index in [2.05, 4.69) is 15.3 Å². The van der Waals surface area contributed by atoms with E-state index in [1.165, 1.54) is 4.68 Å². The van der Waals surface area contributed by atoms with Crippen molar-refractivity contribution >= 4 is 21.4 Å². The first-order valence-corrected chi connectivity index (χ1v) is 14.4. The molecular weight excluding hydrogens is 490 g/mol. The van der Waals surface area contributed by atoms with Crippen LogP contribution in [0.3, 0.4) is 0 Å².